The molecule has 0 radical (unpaired) electrons. The number of amides is 2. The molecule has 0 bridgehead atoms. The molecule has 59 heavy (non-hydrogen) atoms. The highest BCUT2D eigenvalue weighted by Crippen LogP contribution is 2.60. The molecule has 3 aliphatic rings. The topological polar surface area (TPSA) is 114 Å². The molecule has 0 saturated carbocycles. The summed E-state index contributed by atoms with van der Waals surface area (Å²) < 4.78 is 14.2. The van der Waals surface area contributed by atoms with Crippen LogP contribution < -0.4 is 20.4 Å². The molecule has 1 saturated heterocycles. The molecule has 9 rings (SSSR count). The molecule has 1 N–H and O–H groups in total. The second-order valence-corrected chi connectivity index (χ2v) is 21.4. The SMILES string of the molecule is COc1ccc([Si](C)(C)[C@H]2[C@H](CC(=O)N3Cc4ccccc4C[C@H]3CO)O[C@@]3(C(=O)N(Cc4ccc(-n5ncc6ccccc6c5=O)cc4)c4ccccc43)[C@@H]2C)cc1. The third kappa shape index (κ3) is 6.39. The zero-order valence-electron chi connectivity index (χ0n) is 33.7. The van der Waals surface area contributed by atoms with E-state index < -0.39 is 19.8 Å². The van der Waals surface area contributed by atoms with Crippen molar-refractivity contribution in [3.05, 3.63) is 160 Å². The fourth-order valence-corrected chi connectivity index (χ4v) is 14.2. The molecule has 6 aromatic rings. The fraction of sp³-hybridized carbons (Fsp3) is 0.292. The number of para-hydroxylation sites is 1. The van der Waals surface area contributed by atoms with E-state index in [9.17, 15) is 14.7 Å². The maximum atomic E-state index is 15.3. The van der Waals surface area contributed by atoms with Gasteiger partial charge in [0.25, 0.3) is 11.5 Å². The minimum Gasteiger partial charge on any atom is -0.497 e. The van der Waals surface area contributed by atoms with Crippen molar-refractivity contribution >= 4 is 41.5 Å². The quantitative estimate of drug-likeness (QED) is 0.166. The van der Waals surface area contributed by atoms with Gasteiger partial charge in [0.15, 0.2) is 5.60 Å². The average molecular weight is 805 g/mol. The van der Waals surface area contributed by atoms with Crippen LogP contribution in [0.1, 0.15) is 35.6 Å². The zero-order chi connectivity index (χ0) is 41.1. The van der Waals surface area contributed by atoms with Gasteiger partial charge in [-0.15, -0.1) is 0 Å². The van der Waals surface area contributed by atoms with Gasteiger partial charge in [0.05, 0.1) is 69.9 Å². The van der Waals surface area contributed by atoms with E-state index in [1.54, 1.807) is 19.4 Å². The molecule has 5 aromatic carbocycles. The maximum Gasteiger partial charge on any atom is 0.279 e. The first-order valence-electron chi connectivity index (χ1n) is 20.3. The number of ether oxygens (including phenoxy) is 2. The summed E-state index contributed by atoms with van der Waals surface area (Å²) in [6.07, 6.45) is 1.79. The standard InChI is InChI=1S/C48H48N4O6Si/c1-31-45(59(3,4)39-23-21-38(57-2)22-24-39)43(26-44(54)50-29-35-13-6-5-11-33(35)25-37(50)30-53)58-48(31)41-15-9-10-16-42(41)51(47(48)56)28-32-17-19-36(20-18-32)52-46(55)40-14-8-7-12-34(40)27-49-52/h5-24,27,31,37,43,45,53H,25-26,28-30H2,1-4H3/t31-,37+,43+,45-,48+/m1/s1. The monoisotopic (exact) mass is 804 g/mol. The Kier molecular flexibility index (Phi) is 9.85. The van der Waals surface area contributed by atoms with Crippen LogP contribution in [-0.4, -0.2) is 65.5 Å². The summed E-state index contributed by atoms with van der Waals surface area (Å²) in [7, 11) is -0.860. The van der Waals surface area contributed by atoms with Crippen molar-refractivity contribution in [1.29, 1.82) is 0 Å². The average Bonchev–Trinajstić information content (AvgIpc) is 3.69. The number of aliphatic hydroxyl groups excluding tert-OH is 1. The smallest absolute Gasteiger partial charge is 0.279 e. The number of aliphatic hydroxyl groups is 1. The molecule has 1 spiro atoms. The Balaban J connectivity index is 1.06. The Hall–Kier alpha value is -5.88. The lowest BCUT2D eigenvalue weighted by Gasteiger charge is -2.39. The van der Waals surface area contributed by atoms with Crippen molar-refractivity contribution in [2.75, 3.05) is 18.6 Å². The molecule has 0 unspecified atom stereocenters. The minimum atomic E-state index is -2.51. The minimum absolute atomic E-state index is 0.0844. The van der Waals surface area contributed by atoms with Gasteiger partial charge in [-0.3, -0.25) is 14.4 Å². The summed E-state index contributed by atoms with van der Waals surface area (Å²) in [5.74, 6) is 0.240. The Morgan fingerprint density at radius 2 is 1.59 bits per heavy atom. The van der Waals surface area contributed by atoms with E-state index in [-0.39, 0.29) is 54.4 Å². The third-order valence-corrected chi connectivity index (χ3v) is 17.6. The number of rotatable bonds is 9. The summed E-state index contributed by atoms with van der Waals surface area (Å²) in [6, 6.07) is 38.8. The molecule has 1 aromatic heterocycles. The summed E-state index contributed by atoms with van der Waals surface area (Å²) in [6.45, 7) is 7.30. The molecule has 1 fully saturated rings. The molecule has 300 valence electrons. The van der Waals surface area contributed by atoms with E-state index >= 15 is 4.79 Å². The maximum absolute atomic E-state index is 15.3. The summed E-state index contributed by atoms with van der Waals surface area (Å²) >= 11 is 0. The predicted molar refractivity (Wildman–Crippen MR) is 231 cm³/mol. The van der Waals surface area contributed by atoms with E-state index in [0.717, 1.165) is 39.1 Å². The largest absolute Gasteiger partial charge is 0.497 e. The molecule has 4 heterocycles. The molecule has 11 heteroatoms. The molecular weight excluding hydrogens is 757 g/mol. The molecular formula is C48H48N4O6Si. The van der Waals surface area contributed by atoms with Crippen molar-refractivity contribution in [2.45, 2.75) is 69.2 Å². The van der Waals surface area contributed by atoms with E-state index in [4.69, 9.17) is 9.47 Å². The number of carbonyl (C=O) groups excluding carboxylic acids is 2. The highest BCUT2D eigenvalue weighted by molar-refractivity contribution is 6.91. The molecule has 3 aliphatic heterocycles. The molecule has 10 nitrogen and oxygen atoms in total. The van der Waals surface area contributed by atoms with Gasteiger partial charge in [-0.2, -0.15) is 9.78 Å². The lowest BCUT2D eigenvalue weighted by molar-refractivity contribution is -0.151. The van der Waals surface area contributed by atoms with Gasteiger partial charge in [-0.05, 0) is 65.1 Å². The van der Waals surface area contributed by atoms with E-state index in [1.807, 2.05) is 107 Å². The zero-order valence-corrected chi connectivity index (χ0v) is 34.7. The Morgan fingerprint density at radius 1 is 0.898 bits per heavy atom. The van der Waals surface area contributed by atoms with Crippen molar-refractivity contribution < 1.29 is 24.2 Å². The van der Waals surface area contributed by atoms with Gasteiger partial charge in [0, 0.05) is 23.4 Å². The van der Waals surface area contributed by atoms with Crippen LogP contribution in [0.15, 0.2) is 132 Å². The van der Waals surface area contributed by atoms with Crippen LogP contribution in [0.3, 0.4) is 0 Å². The first kappa shape index (κ1) is 38.6. The second-order valence-electron chi connectivity index (χ2n) is 16.7. The molecule has 5 atom stereocenters. The number of carbonyl (C=O) groups is 2. The molecule has 2 amide bonds. The number of fused-ring (bicyclic) bond motifs is 4. The lowest BCUT2D eigenvalue weighted by atomic mass is 9.82. The second kappa shape index (κ2) is 15.1. The van der Waals surface area contributed by atoms with E-state index in [1.165, 1.54) is 9.87 Å². The van der Waals surface area contributed by atoms with E-state index in [2.05, 4.69) is 43.3 Å². The summed E-state index contributed by atoms with van der Waals surface area (Å²) in [5.41, 5.74) is 3.67. The van der Waals surface area contributed by atoms with Gasteiger partial charge in [-0.1, -0.05) is 110 Å². The van der Waals surface area contributed by atoms with Crippen LogP contribution in [0.5, 0.6) is 5.75 Å². The van der Waals surface area contributed by atoms with Crippen molar-refractivity contribution in [3.63, 3.8) is 0 Å². The Labute approximate surface area is 344 Å². The van der Waals surface area contributed by atoms with Gasteiger partial charge >= 0.3 is 0 Å². The number of hydrogen-bond acceptors (Lipinski definition) is 7. The Bertz CT molecular complexity index is 2630. The molecule has 0 aliphatic carbocycles. The highest BCUT2D eigenvalue weighted by atomic mass is 28.3. The van der Waals surface area contributed by atoms with Crippen molar-refractivity contribution in [2.24, 2.45) is 5.92 Å². The number of methoxy groups -OCH3 is 1. The van der Waals surface area contributed by atoms with Crippen LogP contribution in [0.2, 0.25) is 18.6 Å². The van der Waals surface area contributed by atoms with Crippen LogP contribution in [0.25, 0.3) is 16.5 Å². The predicted octanol–water partition coefficient (Wildman–Crippen LogP) is 6.49. The lowest BCUT2D eigenvalue weighted by Crippen LogP contribution is -2.52. The Morgan fingerprint density at radius 3 is 2.34 bits per heavy atom. The van der Waals surface area contributed by atoms with Crippen LogP contribution in [0, 0.1) is 5.92 Å². The van der Waals surface area contributed by atoms with Gasteiger partial charge < -0.3 is 24.4 Å². The summed E-state index contributed by atoms with van der Waals surface area (Å²) in [5, 5.41) is 17.5. The van der Waals surface area contributed by atoms with Crippen molar-refractivity contribution in [1.82, 2.24) is 14.7 Å². The normalized spacial score (nSPS) is 22.5. The first-order valence-corrected chi connectivity index (χ1v) is 23.4. The number of benzene rings is 5. The highest BCUT2D eigenvalue weighted by Gasteiger charge is 2.66. The van der Waals surface area contributed by atoms with Gasteiger partial charge in [0.2, 0.25) is 5.91 Å². The van der Waals surface area contributed by atoms with Crippen molar-refractivity contribution in [3.8, 4) is 11.4 Å². The van der Waals surface area contributed by atoms with Crippen LogP contribution in [-0.2, 0) is 39.4 Å². The van der Waals surface area contributed by atoms with Gasteiger partial charge in [0.1, 0.15) is 5.75 Å². The van der Waals surface area contributed by atoms with Gasteiger partial charge in [-0.25, -0.2) is 0 Å². The number of hydrogen-bond donors (Lipinski definition) is 1. The van der Waals surface area contributed by atoms with Crippen LogP contribution >= 0.6 is 0 Å². The van der Waals surface area contributed by atoms with Crippen LogP contribution in [0.4, 0.5) is 5.69 Å². The first-order chi connectivity index (χ1) is 28.5. The number of nitrogens with zero attached hydrogens (tertiary/aromatic N) is 4. The number of anilines is 1. The number of aromatic nitrogens is 2. The third-order valence-electron chi connectivity index (χ3n) is 13.2. The van der Waals surface area contributed by atoms with E-state index in [0.29, 0.717) is 24.0 Å². The summed E-state index contributed by atoms with van der Waals surface area (Å²) in [4.78, 5) is 46.9. The fourth-order valence-electron chi connectivity index (χ4n) is 10.2.